The molecule has 0 bridgehead atoms. The number of hydrogen-bond donors (Lipinski definition) is 0. The molecule has 1 fully saturated rings. The Kier molecular flexibility index (Phi) is 11.4. The van der Waals surface area contributed by atoms with Crippen LogP contribution in [0.1, 0.15) is 59.8 Å². The van der Waals surface area contributed by atoms with E-state index in [1.807, 2.05) is 57.2 Å². The van der Waals surface area contributed by atoms with E-state index in [0.717, 1.165) is 11.3 Å². The molecule has 0 aliphatic carbocycles. The Bertz CT molecular complexity index is 1320. The van der Waals surface area contributed by atoms with E-state index in [2.05, 4.69) is 75.9 Å². The molecule has 1 aliphatic rings. The Morgan fingerprint density at radius 3 is 2.00 bits per heavy atom. The van der Waals surface area contributed by atoms with E-state index >= 15 is 0 Å². The molecule has 4 rings (SSSR count). The molecule has 1 heterocycles. The molecular weight excluding hydrogens is 584 g/mol. The van der Waals surface area contributed by atoms with E-state index in [-0.39, 0.29) is 11.6 Å². The van der Waals surface area contributed by atoms with Crippen molar-refractivity contribution in [3.8, 4) is 5.75 Å². The van der Waals surface area contributed by atoms with Crippen molar-refractivity contribution in [2.75, 3.05) is 20.3 Å². The zero-order chi connectivity index (χ0) is 32.7. The lowest BCUT2D eigenvalue weighted by molar-refractivity contribution is -0.262. The van der Waals surface area contributed by atoms with E-state index in [1.165, 1.54) is 10.4 Å². The monoisotopic (exact) mass is 632 g/mol. The molecule has 4 atom stereocenters. The number of rotatable bonds is 12. The number of carbonyl (C=O) groups excluding carboxylic acids is 1. The largest absolute Gasteiger partial charge is 0.497 e. The minimum Gasteiger partial charge on any atom is -0.497 e. The Morgan fingerprint density at radius 1 is 0.933 bits per heavy atom. The zero-order valence-electron chi connectivity index (χ0n) is 27.7. The second kappa shape index (κ2) is 14.9. The standard InChI is InChI=1S/C37H48O7Si/c1-9-31-33(26-40-35(43-31)27-20-22-28(39-8)23-21-27)42-32(34(38)44-36(2,3)4)24-25-41-45(37(5,6)7,29-16-12-10-13-17-29)30-18-14-11-15-19-30/h9-23,31-33,35H,1,24-26H2,2-8H3/t31-,32?,33+,35+/m0/s1. The minimum absolute atomic E-state index is 0.201. The van der Waals surface area contributed by atoms with Crippen LogP contribution in [0.3, 0.4) is 0 Å². The Balaban J connectivity index is 1.56. The highest BCUT2D eigenvalue weighted by Gasteiger charge is 2.50. The third-order valence-electron chi connectivity index (χ3n) is 7.80. The SMILES string of the molecule is C=C[C@@H]1O[C@H](c2ccc(OC)cc2)OC[C@H]1OC(CCO[Si](c1ccccc1)(c1ccccc1)C(C)(C)C)C(=O)OC(C)(C)C. The molecule has 8 heteroatoms. The molecule has 3 aromatic carbocycles. The molecule has 0 radical (unpaired) electrons. The number of esters is 1. The van der Waals surface area contributed by atoms with Crippen LogP contribution in [0.15, 0.2) is 97.6 Å². The van der Waals surface area contributed by atoms with Crippen LogP contribution in [-0.4, -0.2) is 58.5 Å². The first kappa shape index (κ1) is 34.6. The third-order valence-corrected chi connectivity index (χ3v) is 12.8. The van der Waals surface area contributed by atoms with Crippen LogP contribution in [0.5, 0.6) is 5.75 Å². The quantitative estimate of drug-likeness (QED) is 0.131. The van der Waals surface area contributed by atoms with Gasteiger partial charge in [0.25, 0.3) is 8.32 Å². The van der Waals surface area contributed by atoms with E-state index in [1.54, 1.807) is 13.2 Å². The topological polar surface area (TPSA) is 72.5 Å². The summed E-state index contributed by atoms with van der Waals surface area (Å²) in [5.74, 6) is 0.296. The summed E-state index contributed by atoms with van der Waals surface area (Å²) >= 11 is 0. The van der Waals surface area contributed by atoms with E-state index in [4.69, 9.17) is 28.1 Å². The van der Waals surface area contributed by atoms with Gasteiger partial charge in [0, 0.05) is 18.6 Å². The van der Waals surface area contributed by atoms with E-state index < -0.39 is 44.5 Å². The van der Waals surface area contributed by atoms with Crippen LogP contribution in [0.4, 0.5) is 0 Å². The predicted octanol–water partition coefficient (Wildman–Crippen LogP) is 6.36. The fraction of sp³-hybridized carbons (Fsp3) is 0.432. The number of methoxy groups -OCH3 is 1. The van der Waals surface area contributed by atoms with Gasteiger partial charge in [0.15, 0.2) is 12.4 Å². The third kappa shape index (κ3) is 8.51. The first-order valence-electron chi connectivity index (χ1n) is 15.5. The predicted molar refractivity (Wildman–Crippen MR) is 179 cm³/mol. The fourth-order valence-corrected chi connectivity index (χ4v) is 10.3. The summed E-state index contributed by atoms with van der Waals surface area (Å²) in [6.07, 6.45) is -0.594. The number of benzene rings is 3. The number of carbonyl (C=O) groups is 1. The lowest BCUT2D eigenvalue weighted by Crippen LogP contribution is -2.66. The van der Waals surface area contributed by atoms with Crippen LogP contribution in [0, 0.1) is 0 Å². The Hall–Kier alpha value is -3.27. The molecular formula is C37H48O7Si. The molecule has 0 N–H and O–H groups in total. The molecule has 242 valence electrons. The summed E-state index contributed by atoms with van der Waals surface area (Å²) in [4.78, 5) is 13.6. The lowest BCUT2D eigenvalue weighted by Gasteiger charge is -2.43. The van der Waals surface area contributed by atoms with Gasteiger partial charge >= 0.3 is 5.97 Å². The van der Waals surface area contributed by atoms with Crippen molar-refractivity contribution in [2.45, 2.75) is 83.2 Å². The van der Waals surface area contributed by atoms with Crippen LogP contribution in [0.2, 0.25) is 5.04 Å². The van der Waals surface area contributed by atoms with Gasteiger partial charge in [-0.25, -0.2) is 4.79 Å². The molecule has 3 aromatic rings. The molecule has 0 saturated carbocycles. The summed E-state index contributed by atoms with van der Waals surface area (Å²) in [6.45, 7) is 16.7. The summed E-state index contributed by atoms with van der Waals surface area (Å²) < 4.78 is 36.9. The first-order chi connectivity index (χ1) is 21.4. The van der Waals surface area contributed by atoms with Crippen LogP contribution in [0.25, 0.3) is 0 Å². The molecule has 0 spiro atoms. The maximum absolute atomic E-state index is 13.6. The Labute approximate surface area is 269 Å². The second-order valence-electron chi connectivity index (χ2n) is 13.3. The van der Waals surface area contributed by atoms with E-state index in [0.29, 0.717) is 13.0 Å². The maximum atomic E-state index is 13.6. The summed E-state index contributed by atoms with van der Waals surface area (Å²) in [6, 6.07) is 28.4. The zero-order valence-corrected chi connectivity index (χ0v) is 28.7. The van der Waals surface area contributed by atoms with Crippen molar-refractivity contribution in [3.05, 3.63) is 103 Å². The summed E-state index contributed by atoms with van der Waals surface area (Å²) in [5.41, 5.74) is 0.164. The average molecular weight is 633 g/mol. The normalized spacial score (nSPS) is 19.8. The van der Waals surface area contributed by atoms with Crippen LogP contribution in [-0.2, 0) is 28.2 Å². The van der Waals surface area contributed by atoms with Gasteiger partial charge < -0.3 is 28.1 Å². The fourth-order valence-electron chi connectivity index (χ4n) is 5.71. The van der Waals surface area contributed by atoms with Crippen LogP contribution < -0.4 is 15.1 Å². The number of ether oxygens (including phenoxy) is 5. The van der Waals surface area contributed by atoms with Gasteiger partial charge in [-0.1, -0.05) is 99.6 Å². The van der Waals surface area contributed by atoms with Gasteiger partial charge in [-0.3, -0.25) is 0 Å². The molecule has 1 saturated heterocycles. The molecule has 7 nitrogen and oxygen atoms in total. The molecule has 0 aromatic heterocycles. The van der Waals surface area contributed by atoms with Crippen molar-refractivity contribution in [1.29, 1.82) is 0 Å². The maximum Gasteiger partial charge on any atom is 0.335 e. The highest BCUT2D eigenvalue weighted by Crippen LogP contribution is 2.37. The average Bonchev–Trinajstić information content (AvgIpc) is 3.02. The summed E-state index contributed by atoms with van der Waals surface area (Å²) in [7, 11) is -1.18. The number of hydrogen-bond acceptors (Lipinski definition) is 7. The van der Waals surface area contributed by atoms with Gasteiger partial charge in [-0.05, 0) is 48.3 Å². The summed E-state index contributed by atoms with van der Waals surface area (Å²) in [5, 5.41) is 2.14. The highest BCUT2D eigenvalue weighted by atomic mass is 28.4. The van der Waals surface area contributed by atoms with Gasteiger partial charge in [0.2, 0.25) is 0 Å². The second-order valence-corrected chi connectivity index (χ2v) is 17.6. The minimum atomic E-state index is -2.81. The van der Waals surface area contributed by atoms with Crippen molar-refractivity contribution in [2.24, 2.45) is 0 Å². The van der Waals surface area contributed by atoms with Crippen molar-refractivity contribution in [3.63, 3.8) is 0 Å². The molecule has 1 aliphatic heterocycles. The molecule has 1 unspecified atom stereocenters. The van der Waals surface area contributed by atoms with Gasteiger partial charge in [0.05, 0.1) is 13.7 Å². The van der Waals surface area contributed by atoms with Gasteiger partial charge in [0.1, 0.15) is 23.6 Å². The lowest BCUT2D eigenvalue weighted by atomic mass is 10.1. The van der Waals surface area contributed by atoms with Crippen molar-refractivity contribution < 1.29 is 32.9 Å². The van der Waals surface area contributed by atoms with Gasteiger partial charge in [-0.2, -0.15) is 0 Å². The highest BCUT2D eigenvalue weighted by molar-refractivity contribution is 6.99. The molecule has 45 heavy (non-hydrogen) atoms. The van der Waals surface area contributed by atoms with Crippen molar-refractivity contribution >= 4 is 24.7 Å². The van der Waals surface area contributed by atoms with Gasteiger partial charge in [-0.15, -0.1) is 6.58 Å². The smallest absolute Gasteiger partial charge is 0.335 e. The van der Waals surface area contributed by atoms with Crippen LogP contribution >= 0.6 is 0 Å². The molecule has 0 amide bonds. The Morgan fingerprint density at radius 2 is 1.51 bits per heavy atom. The van der Waals surface area contributed by atoms with Crippen molar-refractivity contribution in [1.82, 2.24) is 0 Å². The first-order valence-corrected chi connectivity index (χ1v) is 17.5. The van der Waals surface area contributed by atoms with E-state index in [9.17, 15) is 4.79 Å².